The standard InChI is InChI=1S/C22H17BrN2O7/c1-32-22(31)12-9-25(6-7-26)21(30)17(12)24-18-13(23)8-14(27)15-16(18)20(29)11-5-3-2-4-10(11)19(15)28/h2-5,8,24,26-27H,6-7,9H2,1H3. The summed E-state index contributed by atoms with van der Waals surface area (Å²) in [6, 6.07) is 7.47. The van der Waals surface area contributed by atoms with E-state index >= 15 is 0 Å². The van der Waals surface area contributed by atoms with Crippen molar-refractivity contribution in [3.05, 3.63) is 68.3 Å². The van der Waals surface area contributed by atoms with Crippen LogP contribution < -0.4 is 5.32 Å². The predicted molar refractivity (Wildman–Crippen MR) is 115 cm³/mol. The number of nitrogens with zero attached hydrogens (tertiary/aromatic N) is 1. The Kier molecular flexibility index (Phi) is 5.57. The number of aromatic hydroxyl groups is 1. The number of hydrogen-bond donors (Lipinski definition) is 3. The van der Waals surface area contributed by atoms with Crippen LogP contribution in [0.1, 0.15) is 31.8 Å². The van der Waals surface area contributed by atoms with Gasteiger partial charge in [0.25, 0.3) is 5.91 Å². The van der Waals surface area contributed by atoms with Crippen LogP contribution in [-0.4, -0.2) is 65.4 Å². The van der Waals surface area contributed by atoms with E-state index in [0.717, 1.165) is 0 Å². The number of phenols is 1. The number of fused-ring (bicyclic) bond motifs is 2. The number of aliphatic hydroxyl groups excluding tert-OH is 1. The van der Waals surface area contributed by atoms with Crippen LogP contribution in [0.2, 0.25) is 0 Å². The number of esters is 1. The fraction of sp³-hybridized carbons (Fsp3) is 0.182. The molecule has 10 heteroatoms. The van der Waals surface area contributed by atoms with Gasteiger partial charge >= 0.3 is 5.97 Å². The van der Waals surface area contributed by atoms with Crippen molar-refractivity contribution in [3.8, 4) is 5.75 Å². The summed E-state index contributed by atoms with van der Waals surface area (Å²) in [5.74, 6) is -2.79. The van der Waals surface area contributed by atoms with Gasteiger partial charge in [-0.1, -0.05) is 24.3 Å². The first-order chi connectivity index (χ1) is 15.3. The summed E-state index contributed by atoms with van der Waals surface area (Å²) < 4.78 is 4.98. The van der Waals surface area contributed by atoms with Crippen LogP contribution in [0.5, 0.6) is 5.75 Å². The molecule has 0 radical (unpaired) electrons. The zero-order valence-corrected chi connectivity index (χ0v) is 18.4. The van der Waals surface area contributed by atoms with E-state index in [1.54, 1.807) is 12.1 Å². The van der Waals surface area contributed by atoms with E-state index in [9.17, 15) is 29.4 Å². The highest BCUT2D eigenvalue weighted by Gasteiger charge is 2.38. The monoisotopic (exact) mass is 500 g/mol. The third-order valence-corrected chi connectivity index (χ3v) is 5.96. The quantitative estimate of drug-likeness (QED) is 0.355. The molecule has 2 aromatic rings. The minimum absolute atomic E-state index is 0.00894. The van der Waals surface area contributed by atoms with Gasteiger partial charge in [0.15, 0.2) is 11.6 Å². The molecular formula is C22H17BrN2O7. The van der Waals surface area contributed by atoms with Crippen LogP contribution in [0.4, 0.5) is 5.69 Å². The van der Waals surface area contributed by atoms with Gasteiger partial charge < -0.3 is 25.2 Å². The molecule has 0 fully saturated rings. The molecule has 3 N–H and O–H groups in total. The molecule has 32 heavy (non-hydrogen) atoms. The fourth-order valence-corrected chi connectivity index (χ4v) is 4.35. The number of carbonyl (C=O) groups is 4. The van der Waals surface area contributed by atoms with Crippen molar-refractivity contribution < 1.29 is 34.1 Å². The molecular weight excluding hydrogens is 484 g/mol. The number of aliphatic hydroxyl groups is 1. The zero-order valence-electron chi connectivity index (χ0n) is 16.8. The molecule has 0 saturated carbocycles. The lowest BCUT2D eigenvalue weighted by molar-refractivity contribution is -0.136. The first kappa shape index (κ1) is 21.7. The highest BCUT2D eigenvalue weighted by molar-refractivity contribution is 9.10. The molecule has 1 aliphatic carbocycles. The summed E-state index contributed by atoms with van der Waals surface area (Å²) in [4.78, 5) is 52.8. The SMILES string of the molecule is COC(=O)C1=C(Nc2c(Br)cc(O)c3c2C(=O)c2ccccc2C3=O)C(=O)N(CCO)C1. The summed E-state index contributed by atoms with van der Waals surface area (Å²) in [5, 5.41) is 22.5. The first-order valence-corrected chi connectivity index (χ1v) is 10.3. The van der Waals surface area contributed by atoms with Crippen molar-refractivity contribution in [3.63, 3.8) is 0 Å². The van der Waals surface area contributed by atoms with Crippen molar-refractivity contribution >= 4 is 45.1 Å². The minimum Gasteiger partial charge on any atom is -0.507 e. The third kappa shape index (κ3) is 3.28. The molecule has 164 valence electrons. The number of methoxy groups -OCH3 is 1. The van der Waals surface area contributed by atoms with Crippen molar-refractivity contribution in [2.24, 2.45) is 0 Å². The second-order valence-electron chi connectivity index (χ2n) is 7.13. The molecule has 1 aliphatic heterocycles. The Morgan fingerprint density at radius 2 is 1.78 bits per heavy atom. The molecule has 1 amide bonds. The number of anilines is 1. The maximum absolute atomic E-state index is 13.3. The van der Waals surface area contributed by atoms with E-state index in [-0.39, 0.29) is 63.4 Å². The number of ether oxygens (including phenoxy) is 1. The molecule has 4 rings (SSSR count). The average Bonchev–Trinajstić information content (AvgIpc) is 3.08. The van der Waals surface area contributed by atoms with E-state index in [2.05, 4.69) is 21.2 Å². The maximum Gasteiger partial charge on any atom is 0.337 e. The number of phenolic OH excluding ortho intramolecular Hbond substituents is 1. The minimum atomic E-state index is -0.752. The zero-order chi connectivity index (χ0) is 23.2. The first-order valence-electron chi connectivity index (χ1n) is 9.52. The van der Waals surface area contributed by atoms with Crippen LogP contribution in [0, 0.1) is 0 Å². The molecule has 0 spiro atoms. The topological polar surface area (TPSA) is 133 Å². The lowest BCUT2D eigenvalue weighted by Crippen LogP contribution is -2.31. The molecule has 0 atom stereocenters. The number of ketones is 2. The summed E-state index contributed by atoms with van der Waals surface area (Å²) in [7, 11) is 1.17. The number of carbonyl (C=O) groups excluding carboxylic acids is 4. The summed E-state index contributed by atoms with van der Waals surface area (Å²) in [6.07, 6.45) is 0. The summed E-state index contributed by atoms with van der Waals surface area (Å²) >= 11 is 3.27. The number of benzene rings is 2. The van der Waals surface area contributed by atoms with Gasteiger partial charge in [0, 0.05) is 22.1 Å². The molecule has 1 heterocycles. The van der Waals surface area contributed by atoms with Crippen LogP contribution in [0.25, 0.3) is 0 Å². The predicted octanol–water partition coefficient (Wildman–Crippen LogP) is 1.60. The molecule has 2 aliphatic rings. The Balaban J connectivity index is 1.89. The number of halogens is 1. The van der Waals surface area contributed by atoms with Crippen LogP contribution >= 0.6 is 15.9 Å². The highest BCUT2D eigenvalue weighted by Crippen LogP contribution is 2.42. The van der Waals surface area contributed by atoms with E-state index in [1.165, 1.54) is 30.2 Å². The van der Waals surface area contributed by atoms with Crippen molar-refractivity contribution in [2.45, 2.75) is 0 Å². The van der Waals surface area contributed by atoms with Crippen LogP contribution in [0.15, 0.2) is 46.1 Å². The second-order valence-corrected chi connectivity index (χ2v) is 7.98. The number of rotatable bonds is 5. The lowest BCUT2D eigenvalue weighted by Gasteiger charge is -2.23. The molecule has 2 aromatic carbocycles. The van der Waals surface area contributed by atoms with Gasteiger partial charge in [0.05, 0.1) is 42.6 Å². The Morgan fingerprint density at radius 3 is 2.38 bits per heavy atom. The Morgan fingerprint density at radius 1 is 1.16 bits per heavy atom. The number of amides is 1. The highest BCUT2D eigenvalue weighted by atomic mass is 79.9. The number of β-amino-alcohol motifs (C(OH)–C–C–N with tert-alkyl or cyclic N) is 1. The number of hydrogen-bond acceptors (Lipinski definition) is 8. The van der Waals surface area contributed by atoms with Gasteiger partial charge in [-0.05, 0) is 22.0 Å². The van der Waals surface area contributed by atoms with Gasteiger partial charge in [-0.3, -0.25) is 14.4 Å². The van der Waals surface area contributed by atoms with Crippen molar-refractivity contribution in [1.29, 1.82) is 0 Å². The second kappa shape index (κ2) is 8.21. The Labute approximate surface area is 190 Å². The molecule has 0 saturated heterocycles. The van der Waals surface area contributed by atoms with Crippen LogP contribution in [-0.2, 0) is 14.3 Å². The van der Waals surface area contributed by atoms with Gasteiger partial charge in [0.1, 0.15) is 11.4 Å². The fourth-order valence-electron chi connectivity index (χ4n) is 3.84. The number of nitrogens with one attached hydrogen (secondary N) is 1. The average molecular weight is 501 g/mol. The molecule has 0 bridgehead atoms. The van der Waals surface area contributed by atoms with E-state index in [1.807, 2.05) is 0 Å². The normalized spacial score (nSPS) is 15.1. The Bertz CT molecular complexity index is 1240. The van der Waals surface area contributed by atoms with Crippen LogP contribution in [0.3, 0.4) is 0 Å². The largest absolute Gasteiger partial charge is 0.507 e. The van der Waals surface area contributed by atoms with E-state index < -0.39 is 29.2 Å². The van der Waals surface area contributed by atoms with Crippen molar-refractivity contribution in [1.82, 2.24) is 4.90 Å². The van der Waals surface area contributed by atoms with Gasteiger partial charge in [0.2, 0.25) is 0 Å². The molecule has 0 aromatic heterocycles. The van der Waals surface area contributed by atoms with Crippen molar-refractivity contribution in [2.75, 3.05) is 32.1 Å². The lowest BCUT2D eigenvalue weighted by atomic mass is 9.82. The summed E-state index contributed by atoms with van der Waals surface area (Å²) in [6.45, 7) is -0.415. The van der Waals surface area contributed by atoms with Gasteiger partial charge in [-0.25, -0.2) is 4.79 Å². The Hall–Kier alpha value is -3.50. The van der Waals surface area contributed by atoms with Gasteiger partial charge in [-0.2, -0.15) is 0 Å². The smallest absolute Gasteiger partial charge is 0.337 e. The van der Waals surface area contributed by atoms with E-state index in [4.69, 9.17) is 4.74 Å². The molecule has 9 nitrogen and oxygen atoms in total. The van der Waals surface area contributed by atoms with Gasteiger partial charge in [-0.15, -0.1) is 0 Å². The maximum atomic E-state index is 13.3. The third-order valence-electron chi connectivity index (χ3n) is 5.33. The van der Waals surface area contributed by atoms with E-state index in [0.29, 0.717) is 0 Å². The molecule has 0 unspecified atom stereocenters. The summed E-state index contributed by atoms with van der Waals surface area (Å²) in [5.41, 5.74) is -0.0710.